The fourth-order valence-corrected chi connectivity index (χ4v) is 1.44. The van der Waals surface area contributed by atoms with E-state index in [1.54, 1.807) is 26.5 Å². The Labute approximate surface area is 163 Å². The third kappa shape index (κ3) is 12.3. The number of hydrogen-bond donors (Lipinski definition) is 1. The van der Waals surface area contributed by atoms with E-state index in [-0.39, 0.29) is 27.5 Å². The summed E-state index contributed by atoms with van der Waals surface area (Å²) in [4.78, 5) is 4.35. The van der Waals surface area contributed by atoms with Crippen molar-refractivity contribution in [1.82, 2.24) is 0 Å². The predicted octanol–water partition coefficient (Wildman–Crippen LogP) is 3.21. The van der Waals surface area contributed by atoms with Gasteiger partial charge in [-0.1, -0.05) is 0 Å². The molecule has 0 aliphatic carbocycles. The van der Waals surface area contributed by atoms with Crippen molar-refractivity contribution in [2.45, 2.75) is 0 Å². The molecule has 0 aliphatic rings. The van der Waals surface area contributed by atoms with Gasteiger partial charge in [0.2, 0.25) is 0 Å². The van der Waals surface area contributed by atoms with Gasteiger partial charge in [-0.2, -0.15) is 8.42 Å². The molecule has 0 unspecified atom stereocenters. The molecule has 6 nitrogen and oxygen atoms in total. The molecule has 8 heteroatoms. The minimum absolute atomic E-state index is 0. The Morgan fingerprint density at radius 2 is 1.52 bits per heavy atom. The predicted molar refractivity (Wildman–Crippen MR) is 96.0 cm³/mol. The van der Waals surface area contributed by atoms with Crippen molar-refractivity contribution in [3.05, 3.63) is 61.5 Å². The Balaban J connectivity index is 0. The molecule has 1 radical (unpaired) electrons. The summed E-state index contributed by atoms with van der Waals surface area (Å²) in [6.07, 6.45) is 2.48. The van der Waals surface area contributed by atoms with E-state index in [1.165, 1.54) is 0 Å². The molecule has 0 bridgehead atoms. The zero-order valence-electron chi connectivity index (χ0n) is 14.4. The maximum absolute atomic E-state index is 9.19. The number of rotatable bonds is 4. The third-order valence-corrected chi connectivity index (χ3v) is 2.47. The van der Waals surface area contributed by atoms with Gasteiger partial charge in [-0.05, 0) is 30.5 Å². The van der Waals surface area contributed by atoms with Gasteiger partial charge in [0.05, 0.1) is 26.2 Å². The Kier molecular flexibility index (Phi) is 12.9. The van der Waals surface area contributed by atoms with Crippen molar-refractivity contribution in [2.24, 2.45) is 4.99 Å². The first-order valence-electron chi connectivity index (χ1n) is 6.48. The third-order valence-electron chi connectivity index (χ3n) is 2.47. The van der Waals surface area contributed by atoms with Crippen LogP contribution < -0.4 is 9.47 Å². The second-order valence-corrected chi connectivity index (χ2v) is 5.84. The van der Waals surface area contributed by atoms with Crippen LogP contribution in [0.15, 0.2) is 47.5 Å². The van der Waals surface area contributed by atoms with E-state index in [1.807, 2.05) is 36.4 Å². The van der Waals surface area contributed by atoms with Crippen molar-refractivity contribution in [1.29, 1.82) is 0 Å². The Morgan fingerprint density at radius 3 is 1.92 bits per heavy atom. The molecule has 25 heavy (non-hydrogen) atoms. The van der Waals surface area contributed by atoms with Crippen molar-refractivity contribution in [2.75, 3.05) is 20.5 Å². The zero-order chi connectivity index (χ0) is 17.3. The molecule has 2 aromatic carbocycles. The summed E-state index contributed by atoms with van der Waals surface area (Å²) in [5, 5.41) is 0. The van der Waals surface area contributed by atoms with Crippen molar-refractivity contribution >= 4 is 22.0 Å². The summed E-state index contributed by atoms with van der Waals surface area (Å²) in [7, 11) is -0.390. The Bertz CT molecular complexity index is 671. The van der Waals surface area contributed by atoms with Gasteiger partial charge in [0.1, 0.15) is 5.75 Å². The standard InChI is InChI=1S/C15H14NO2.CH4O3S.CH3.Ir/c1-17-14-7-3-12(4-8-14)11-16-13-5-9-15(18-2)10-6-13;1-5(2,3)4;;/h3,5-11H,1-2H3;1H3,(H,2,3,4);1H3;/q-1;;-1;. The van der Waals surface area contributed by atoms with Gasteiger partial charge in [-0.25, -0.2) is 0 Å². The van der Waals surface area contributed by atoms with E-state index in [0.29, 0.717) is 6.26 Å². The number of aliphatic imine (C=N–C) groups is 1. The van der Waals surface area contributed by atoms with Crippen LogP contribution in [-0.4, -0.2) is 39.7 Å². The average Bonchev–Trinajstić information content (AvgIpc) is 2.52. The summed E-state index contributed by atoms with van der Waals surface area (Å²) in [6.45, 7) is 0. The summed E-state index contributed by atoms with van der Waals surface area (Å²) < 4.78 is 36.0. The number of hydrogen-bond acceptors (Lipinski definition) is 5. The molecule has 0 aromatic heterocycles. The van der Waals surface area contributed by atoms with E-state index in [0.717, 1.165) is 22.7 Å². The van der Waals surface area contributed by atoms with Gasteiger partial charge in [-0.15, -0.1) is 29.8 Å². The quantitative estimate of drug-likeness (QED) is 0.364. The van der Waals surface area contributed by atoms with Crippen LogP contribution >= 0.6 is 0 Å². The molecule has 0 spiro atoms. The van der Waals surface area contributed by atoms with E-state index in [9.17, 15) is 8.42 Å². The largest absolute Gasteiger partial charge is 0.540 e. The van der Waals surface area contributed by atoms with Crippen LogP contribution in [0, 0.1) is 13.5 Å². The first-order valence-corrected chi connectivity index (χ1v) is 8.33. The Morgan fingerprint density at radius 1 is 1.04 bits per heavy atom. The maximum Gasteiger partial charge on any atom is 0.261 e. The topological polar surface area (TPSA) is 85.2 Å². The molecule has 141 valence electrons. The molecule has 2 aromatic rings. The van der Waals surface area contributed by atoms with Gasteiger partial charge in [0.25, 0.3) is 10.1 Å². The molecule has 0 aliphatic heterocycles. The van der Waals surface area contributed by atoms with Crippen LogP contribution in [0.2, 0.25) is 0 Å². The van der Waals surface area contributed by atoms with Crippen LogP contribution in [0.1, 0.15) is 5.56 Å². The second-order valence-electron chi connectivity index (χ2n) is 4.37. The monoisotopic (exact) mass is 544 g/mol. The minimum atomic E-state index is -3.67. The van der Waals surface area contributed by atoms with Crippen LogP contribution in [0.25, 0.3) is 0 Å². The summed E-state index contributed by atoms with van der Waals surface area (Å²) in [5.41, 5.74) is 1.78. The van der Waals surface area contributed by atoms with Gasteiger partial charge in [0, 0.05) is 25.9 Å². The molecule has 1 N–H and O–H groups in total. The smallest absolute Gasteiger partial charge is 0.261 e. The van der Waals surface area contributed by atoms with Crippen molar-refractivity contribution in [3.63, 3.8) is 0 Å². The molecule has 2 rings (SSSR count). The summed E-state index contributed by atoms with van der Waals surface area (Å²) in [5.74, 6) is 1.61. The number of nitrogens with zero attached hydrogens (tertiary/aromatic N) is 1. The van der Waals surface area contributed by atoms with Crippen molar-refractivity contribution < 1.29 is 42.5 Å². The van der Waals surface area contributed by atoms with Crippen molar-refractivity contribution in [3.8, 4) is 11.5 Å². The fraction of sp³-hybridized carbons (Fsp3) is 0.176. The number of methoxy groups -OCH3 is 2. The number of ether oxygens (including phenoxy) is 2. The SMILES string of the molecule is COc1c[c-]c(C=Nc2ccc(OC)cc2)cc1.CS(=O)(=O)O.[CH3-].[Ir]. The fourth-order valence-electron chi connectivity index (χ4n) is 1.44. The van der Waals surface area contributed by atoms with E-state index in [4.69, 9.17) is 14.0 Å². The van der Waals surface area contributed by atoms with E-state index in [2.05, 4.69) is 11.1 Å². The molecular formula is C17H21IrNO5S-2. The molecule has 0 saturated carbocycles. The van der Waals surface area contributed by atoms with Crippen LogP contribution in [0.5, 0.6) is 11.5 Å². The van der Waals surface area contributed by atoms with Gasteiger partial charge >= 0.3 is 0 Å². The first kappa shape index (κ1) is 25.5. The van der Waals surface area contributed by atoms with Gasteiger partial charge in [-0.3, -0.25) is 4.55 Å². The maximum atomic E-state index is 9.19. The van der Waals surface area contributed by atoms with E-state index < -0.39 is 10.1 Å². The second kappa shape index (κ2) is 12.6. The van der Waals surface area contributed by atoms with Crippen LogP contribution in [0.4, 0.5) is 5.69 Å². The van der Waals surface area contributed by atoms with Crippen LogP contribution in [0.3, 0.4) is 0 Å². The normalized spacial score (nSPS) is 9.92. The van der Waals surface area contributed by atoms with Crippen LogP contribution in [-0.2, 0) is 30.2 Å². The molecular weight excluding hydrogens is 522 g/mol. The molecule has 0 fully saturated rings. The molecule has 0 amide bonds. The van der Waals surface area contributed by atoms with E-state index >= 15 is 0 Å². The Hall–Kier alpha value is -1.73. The minimum Gasteiger partial charge on any atom is -0.540 e. The van der Waals surface area contributed by atoms with Gasteiger partial charge in [0.15, 0.2) is 0 Å². The zero-order valence-corrected chi connectivity index (χ0v) is 17.6. The first-order chi connectivity index (χ1) is 10.8. The summed E-state index contributed by atoms with van der Waals surface area (Å²) >= 11 is 0. The molecule has 0 saturated heterocycles. The molecule has 0 heterocycles. The summed E-state index contributed by atoms with van der Waals surface area (Å²) in [6, 6.07) is 16.2. The average molecular weight is 544 g/mol. The van der Waals surface area contributed by atoms with Gasteiger partial charge < -0.3 is 21.9 Å². The molecule has 0 atom stereocenters. The number of benzene rings is 2.